The van der Waals surface area contributed by atoms with E-state index in [1.807, 2.05) is 30.3 Å². The Kier molecular flexibility index (Phi) is 6.45. The van der Waals surface area contributed by atoms with Crippen molar-refractivity contribution in [1.29, 1.82) is 0 Å². The Balaban J connectivity index is 2.15. The maximum absolute atomic E-state index is 13.7. The predicted octanol–water partition coefficient (Wildman–Crippen LogP) is 5.08. The highest BCUT2D eigenvalue weighted by molar-refractivity contribution is 9.09. The second kappa shape index (κ2) is 8.53. The molecule has 0 aliphatic carbocycles. The molecule has 3 rings (SSSR count). The van der Waals surface area contributed by atoms with E-state index < -0.39 is 20.5 Å². The maximum atomic E-state index is 13.7. The van der Waals surface area contributed by atoms with Crippen LogP contribution < -0.4 is 0 Å². The number of nitro groups is 1. The van der Waals surface area contributed by atoms with Crippen molar-refractivity contribution in [1.82, 2.24) is 4.31 Å². The Bertz CT molecular complexity index is 981. The molecule has 1 fully saturated rings. The minimum atomic E-state index is -3.93. The monoisotopic (exact) mass is 480 g/mol. The van der Waals surface area contributed by atoms with Crippen molar-refractivity contribution < 1.29 is 13.3 Å². The van der Waals surface area contributed by atoms with E-state index >= 15 is 0 Å². The van der Waals surface area contributed by atoms with E-state index in [0.29, 0.717) is 18.9 Å². The molecule has 0 amide bonds. The third kappa shape index (κ3) is 4.11. The van der Waals surface area contributed by atoms with Crippen LogP contribution in [0.1, 0.15) is 38.7 Å². The molecule has 2 atom stereocenters. The summed E-state index contributed by atoms with van der Waals surface area (Å²) < 4.78 is 28.9. The van der Waals surface area contributed by atoms with Gasteiger partial charge in [0, 0.05) is 23.5 Å². The van der Waals surface area contributed by atoms with Gasteiger partial charge in [0.1, 0.15) is 0 Å². The van der Waals surface area contributed by atoms with E-state index in [9.17, 15) is 18.5 Å². The van der Waals surface area contributed by atoms with Crippen molar-refractivity contribution in [3.63, 3.8) is 0 Å². The topological polar surface area (TPSA) is 80.5 Å². The van der Waals surface area contributed by atoms with Gasteiger partial charge in [0.2, 0.25) is 10.0 Å². The number of halogens is 1. The number of rotatable bonds is 7. The Morgan fingerprint density at radius 3 is 2.48 bits per heavy atom. The molecular formula is C21H25BrN2O4S. The highest BCUT2D eigenvalue weighted by Gasteiger charge is 2.52. The van der Waals surface area contributed by atoms with Crippen LogP contribution >= 0.6 is 15.9 Å². The Morgan fingerprint density at radius 2 is 1.86 bits per heavy atom. The molecular weight excluding hydrogens is 456 g/mol. The highest BCUT2D eigenvalue weighted by atomic mass is 79.9. The third-order valence-electron chi connectivity index (χ3n) is 5.45. The summed E-state index contributed by atoms with van der Waals surface area (Å²) in [5.74, 6) is 0.378. The molecule has 1 aliphatic rings. The minimum absolute atomic E-state index is 0.0434. The first kappa shape index (κ1) is 21.9. The zero-order chi connectivity index (χ0) is 21.2. The number of non-ortho nitro benzene ring substituents is 1. The summed E-state index contributed by atoms with van der Waals surface area (Å²) >= 11 is 3.83. The number of hydrogen-bond donors (Lipinski definition) is 0. The number of sulfonamides is 1. The summed E-state index contributed by atoms with van der Waals surface area (Å²) in [4.78, 5) is 10.5. The van der Waals surface area contributed by atoms with Crippen LogP contribution in [0.5, 0.6) is 0 Å². The average molecular weight is 481 g/mol. The molecule has 0 unspecified atom stereocenters. The first-order valence-corrected chi connectivity index (χ1v) is 12.0. The van der Waals surface area contributed by atoms with Gasteiger partial charge in [0.25, 0.3) is 5.69 Å². The van der Waals surface area contributed by atoms with Gasteiger partial charge in [-0.2, -0.15) is 4.31 Å². The van der Waals surface area contributed by atoms with Gasteiger partial charge in [-0.3, -0.25) is 10.1 Å². The summed E-state index contributed by atoms with van der Waals surface area (Å²) in [5, 5.41) is 11.2. The molecule has 0 saturated carbocycles. The van der Waals surface area contributed by atoms with Crippen molar-refractivity contribution >= 4 is 31.6 Å². The Hall–Kier alpha value is -1.77. The number of nitrogens with zero attached hydrogens (tertiary/aromatic N) is 2. The van der Waals surface area contributed by atoms with Gasteiger partial charge >= 0.3 is 0 Å². The first-order valence-electron chi connectivity index (χ1n) is 9.66. The van der Waals surface area contributed by atoms with Crippen LogP contribution in [0.25, 0.3) is 0 Å². The first-order chi connectivity index (χ1) is 13.7. The molecule has 0 aromatic heterocycles. The van der Waals surface area contributed by atoms with E-state index in [1.54, 1.807) is 4.31 Å². The summed E-state index contributed by atoms with van der Waals surface area (Å²) in [7, 11) is -3.93. The van der Waals surface area contributed by atoms with Gasteiger partial charge in [0.15, 0.2) is 0 Å². The Labute approximate surface area is 180 Å². The third-order valence-corrected chi connectivity index (χ3v) is 8.52. The molecule has 2 aromatic rings. The van der Waals surface area contributed by atoms with Crippen LogP contribution in [0.4, 0.5) is 5.69 Å². The molecule has 0 bridgehead atoms. The van der Waals surface area contributed by atoms with Gasteiger partial charge in [-0.25, -0.2) is 8.42 Å². The molecule has 0 N–H and O–H groups in total. The largest absolute Gasteiger partial charge is 0.270 e. The standard InChI is InChI=1S/C21H25BrN2O4S/c1-16(2)14-20(22)21(17-8-4-3-5-9-17)12-7-13-23(21)29(27,28)19-11-6-10-18(15-19)24(25)26/h3-6,8-11,15-16,20H,7,12-14H2,1-2H3/t20-,21-/m0/s1. The molecule has 0 radical (unpaired) electrons. The van der Waals surface area contributed by atoms with Crippen LogP contribution in [0, 0.1) is 16.0 Å². The van der Waals surface area contributed by atoms with Gasteiger partial charge < -0.3 is 0 Å². The molecule has 8 heteroatoms. The van der Waals surface area contributed by atoms with Crippen molar-refractivity contribution in [3.8, 4) is 0 Å². The van der Waals surface area contributed by atoms with Crippen LogP contribution in [0.2, 0.25) is 0 Å². The molecule has 1 heterocycles. The van der Waals surface area contributed by atoms with Crippen LogP contribution in [0.15, 0.2) is 59.5 Å². The molecule has 6 nitrogen and oxygen atoms in total. The van der Waals surface area contributed by atoms with Crippen molar-refractivity contribution in [3.05, 3.63) is 70.3 Å². The fraction of sp³-hybridized carbons (Fsp3) is 0.429. The molecule has 0 spiro atoms. The lowest BCUT2D eigenvalue weighted by molar-refractivity contribution is -0.385. The summed E-state index contributed by atoms with van der Waals surface area (Å²) in [6.07, 6.45) is 2.22. The van der Waals surface area contributed by atoms with E-state index in [-0.39, 0.29) is 15.4 Å². The predicted molar refractivity (Wildman–Crippen MR) is 117 cm³/mol. The van der Waals surface area contributed by atoms with Crippen molar-refractivity contribution in [2.75, 3.05) is 6.54 Å². The average Bonchev–Trinajstić information content (AvgIpc) is 3.15. The Morgan fingerprint density at radius 1 is 1.17 bits per heavy atom. The van der Waals surface area contributed by atoms with E-state index in [1.165, 1.54) is 18.2 Å². The molecule has 1 aliphatic heterocycles. The van der Waals surface area contributed by atoms with Gasteiger partial charge in [-0.15, -0.1) is 0 Å². The summed E-state index contributed by atoms with van der Waals surface area (Å²) in [5.41, 5.74) is -0.0307. The number of alkyl halides is 1. The van der Waals surface area contributed by atoms with Gasteiger partial charge in [-0.05, 0) is 36.8 Å². The fourth-order valence-electron chi connectivity index (χ4n) is 4.15. The van der Waals surface area contributed by atoms with Crippen molar-refractivity contribution in [2.24, 2.45) is 5.92 Å². The number of nitro benzene ring substituents is 1. The molecule has 156 valence electrons. The van der Waals surface area contributed by atoms with E-state index in [0.717, 1.165) is 24.5 Å². The zero-order valence-electron chi connectivity index (χ0n) is 16.5. The zero-order valence-corrected chi connectivity index (χ0v) is 18.9. The van der Waals surface area contributed by atoms with Crippen LogP contribution in [0.3, 0.4) is 0 Å². The van der Waals surface area contributed by atoms with Gasteiger partial charge in [-0.1, -0.05) is 66.2 Å². The fourth-order valence-corrected chi connectivity index (χ4v) is 7.67. The lowest BCUT2D eigenvalue weighted by Crippen LogP contribution is -2.51. The minimum Gasteiger partial charge on any atom is -0.258 e. The highest BCUT2D eigenvalue weighted by Crippen LogP contribution is 2.49. The van der Waals surface area contributed by atoms with Crippen molar-refractivity contribution in [2.45, 2.75) is 48.4 Å². The van der Waals surface area contributed by atoms with Gasteiger partial charge in [0.05, 0.1) is 15.4 Å². The van der Waals surface area contributed by atoms with E-state index in [4.69, 9.17) is 0 Å². The smallest absolute Gasteiger partial charge is 0.258 e. The lowest BCUT2D eigenvalue weighted by Gasteiger charge is -2.42. The SMILES string of the molecule is CC(C)C[C@H](Br)[C@@]1(c2ccccc2)CCCN1S(=O)(=O)c1cccc([N+](=O)[O-])c1. The summed E-state index contributed by atoms with van der Waals surface area (Å²) in [6.45, 7) is 4.60. The summed E-state index contributed by atoms with van der Waals surface area (Å²) in [6, 6.07) is 15.0. The molecule has 1 saturated heterocycles. The van der Waals surface area contributed by atoms with Crippen LogP contribution in [-0.2, 0) is 15.6 Å². The number of hydrogen-bond acceptors (Lipinski definition) is 4. The second-order valence-electron chi connectivity index (χ2n) is 7.82. The number of benzene rings is 2. The second-order valence-corrected chi connectivity index (χ2v) is 10.8. The maximum Gasteiger partial charge on any atom is 0.270 e. The van der Waals surface area contributed by atoms with E-state index in [2.05, 4.69) is 29.8 Å². The lowest BCUT2D eigenvalue weighted by atomic mass is 9.82. The normalized spacial score (nSPS) is 21.4. The molecule has 2 aromatic carbocycles. The quantitative estimate of drug-likeness (QED) is 0.314. The molecule has 29 heavy (non-hydrogen) atoms. The van der Waals surface area contributed by atoms with Crippen LogP contribution in [-0.4, -0.2) is 29.0 Å².